The van der Waals surface area contributed by atoms with Crippen molar-refractivity contribution in [3.8, 4) is 11.3 Å². The average molecular weight is 516 g/mol. The van der Waals surface area contributed by atoms with Gasteiger partial charge in [-0.15, -0.1) is 0 Å². The summed E-state index contributed by atoms with van der Waals surface area (Å²) in [6.07, 6.45) is 3.83. The van der Waals surface area contributed by atoms with E-state index in [-0.39, 0.29) is 45.4 Å². The van der Waals surface area contributed by atoms with Crippen LogP contribution in [0.3, 0.4) is 0 Å². The van der Waals surface area contributed by atoms with Gasteiger partial charge < -0.3 is 9.47 Å². The van der Waals surface area contributed by atoms with Crippen molar-refractivity contribution < 1.29 is 18.3 Å². The van der Waals surface area contributed by atoms with Gasteiger partial charge in [0.05, 0.1) is 22.1 Å². The molecule has 2 aromatic heterocycles. The molecule has 36 heavy (non-hydrogen) atoms. The van der Waals surface area contributed by atoms with Gasteiger partial charge in [-0.25, -0.2) is 13.8 Å². The maximum atomic E-state index is 15.1. The molecule has 9 heteroatoms. The molecule has 0 amide bonds. The topological polar surface area (TPSA) is 66.2 Å². The van der Waals surface area contributed by atoms with Gasteiger partial charge >= 0.3 is 0 Å². The van der Waals surface area contributed by atoms with E-state index in [1.165, 1.54) is 12.1 Å². The molecule has 2 saturated heterocycles. The quantitative estimate of drug-likeness (QED) is 0.436. The lowest BCUT2D eigenvalue weighted by atomic mass is 9.79. The third-order valence-corrected chi connectivity index (χ3v) is 8.38. The molecule has 2 fully saturated rings. The van der Waals surface area contributed by atoms with Crippen LogP contribution in [0.4, 0.5) is 8.78 Å². The van der Waals surface area contributed by atoms with E-state index in [4.69, 9.17) is 31.0 Å². The fourth-order valence-electron chi connectivity index (χ4n) is 6.12. The van der Waals surface area contributed by atoms with Crippen LogP contribution in [0.1, 0.15) is 57.0 Å². The standard InChI is InChI=1S/C27H28ClF2N3O3/c1-27(2)17(8-11-36-27)20-12-14(7-10-35-20)19-13-16-25(32-21-4-3-9-33(21)26(16)34)24(31-19)15-5-6-18(28)23(30)22(15)29/h5-6,13-14,17,20H,3-4,7-12H2,1-2H3. The predicted molar refractivity (Wildman–Crippen MR) is 132 cm³/mol. The molecule has 0 N–H and O–H groups in total. The van der Waals surface area contributed by atoms with E-state index in [1.54, 1.807) is 10.6 Å². The molecule has 6 nitrogen and oxygen atoms in total. The third kappa shape index (κ3) is 3.85. The highest BCUT2D eigenvalue weighted by Gasteiger charge is 2.43. The molecule has 3 atom stereocenters. The summed E-state index contributed by atoms with van der Waals surface area (Å²) in [7, 11) is 0. The van der Waals surface area contributed by atoms with Gasteiger partial charge in [-0.05, 0) is 57.7 Å². The van der Waals surface area contributed by atoms with Gasteiger partial charge in [-0.1, -0.05) is 11.6 Å². The molecule has 0 radical (unpaired) electrons. The lowest BCUT2D eigenvalue weighted by Crippen LogP contribution is -2.40. The molecule has 0 bridgehead atoms. The Morgan fingerprint density at radius 2 is 1.97 bits per heavy atom. The van der Waals surface area contributed by atoms with Gasteiger partial charge in [0.25, 0.3) is 5.56 Å². The van der Waals surface area contributed by atoms with Crippen molar-refractivity contribution >= 4 is 22.5 Å². The van der Waals surface area contributed by atoms with Crippen LogP contribution in [0, 0.1) is 17.6 Å². The van der Waals surface area contributed by atoms with E-state index in [0.29, 0.717) is 55.0 Å². The molecule has 3 unspecified atom stereocenters. The minimum atomic E-state index is -1.14. The summed E-state index contributed by atoms with van der Waals surface area (Å²) in [5.74, 6) is -1.33. The first-order valence-corrected chi connectivity index (χ1v) is 13.0. The van der Waals surface area contributed by atoms with Crippen LogP contribution in [0.5, 0.6) is 0 Å². The summed E-state index contributed by atoms with van der Waals surface area (Å²) in [5, 5.41) is 0.0716. The van der Waals surface area contributed by atoms with E-state index in [9.17, 15) is 9.18 Å². The number of benzene rings is 1. The van der Waals surface area contributed by atoms with E-state index >= 15 is 4.39 Å². The lowest BCUT2D eigenvalue weighted by molar-refractivity contribution is -0.0795. The van der Waals surface area contributed by atoms with Gasteiger partial charge in [0.15, 0.2) is 11.6 Å². The molecule has 0 aliphatic carbocycles. The lowest BCUT2D eigenvalue weighted by Gasteiger charge is -2.38. The summed E-state index contributed by atoms with van der Waals surface area (Å²) in [5.41, 5.74) is 0.660. The summed E-state index contributed by atoms with van der Waals surface area (Å²) in [6.45, 7) is 6.05. The van der Waals surface area contributed by atoms with E-state index in [0.717, 1.165) is 19.3 Å². The maximum absolute atomic E-state index is 15.1. The van der Waals surface area contributed by atoms with E-state index in [1.807, 2.05) is 0 Å². The number of aryl methyl sites for hydroxylation is 1. The van der Waals surface area contributed by atoms with Crippen molar-refractivity contribution in [3.05, 3.63) is 56.7 Å². The second-order valence-electron chi connectivity index (χ2n) is 10.6. The second-order valence-corrected chi connectivity index (χ2v) is 11.0. The molecule has 5 heterocycles. The normalized spacial score (nSPS) is 25.4. The van der Waals surface area contributed by atoms with Crippen LogP contribution < -0.4 is 5.56 Å². The van der Waals surface area contributed by atoms with Crippen molar-refractivity contribution in [2.24, 2.45) is 5.92 Å². The van der Waals surface area contributed by atoms with Gasteiger partial charge in [0.1, 0.15) is 17.0 Å². The van der Waals surface area contributed by atoms with Crippen LogP contribution in [0.2, 0.25) is 5.02 Å². The zero-order valence-corrected chi connectivity index (χ0v) is 21.1. The molecule has 190 valence electrons. The summed E-state index contributed by atoms with van der Waals surface area (Å²) in [6, 6.07) is 4.51. The van der Waals surface area contributed by atoms with E-state index < -0.39 is 11.6 Å². The number of hydrogen-bond acceptors (Lipinski definition) is 5. The van der Waals surface area contributed by atoms with Gasteiger partial charge in [0, 0.05) is 49.3 Å². The highest BCUT2D eigenvalue weighted by Crippen LogP contribution is 2.42. The van der Waals surface area contributed by atoms with Crippen LogP contribution in [-0.2, 0) is 22.4 Å². The number of fused-ring (bicyclic) bond motifs is 2. The van der Waals surface area contributed by atoms with Crippen LogP contribution in [0.25, 0.3) is 22.2 Å². The second kappa shape index (κ2) is 8.85. The Hall–Kier alpha value is -2.42. The number of halogens is 3. The molecule has 3 aromatic rings. The SMILES string of the molecule is CC1(C)OCCC1C1CC(c2cc3c(=O)n4c(nc3c(-c3ccc(Cl)c(F)c3F)n2)CCC4)CCO1. The molecule has 3 aliphatic heterocycles. The number of nitrogens with zero attached hydrogens (tertiary/aromatic N) is 3. The van der Waals surface area contributed by atoms with Gasteiger partial charge in [-0.3, -0.25) is 14.3 Å². The highest BCUT2D eigenvalue weighted by molar-refractivity contribution is 6.30. The summed E-state index contributed by atoms with van der Waals surface area (Å²) < 4.78 is 43.4. The minimum absolute atomic E-state index is 0.00108. The number of pyridine rings is 1. The Morgan fingerprint density at radius 1 is 1.14 bits per heavy atom. The van der Waals surface area contributed by atoms with E-state index in [2.05, 4.69) is 13.8 Å². The molecule has 3 aliphatic rings. The summed E-state index contributed by atoms with van der Waals surface area (Å²) >= 11 is 5.82. The van der Waals surface area contributed by atoms with Crippen molar-refractivity contribution in [2.75, 3.05) is 13.2 Å². The average Bonchev–Trinajstić information content (AvgIpc) is 3.48. The van der Waals surface area contributed by atoms with Crippen LogP contribution in [0.15, 0.2) is 23.0 Å². The highest BCUT2D eigenvalue weighted by atomic mass is 35.5. The molecular formula is C27H28ClF2N3O3. The first-order valence-electron chi connectivity index (χ1n) is 12.6. The zero-order valence-electron chi connectivity index (χ0n) is 20.3. The predicted octanol–water partition coefficient (Wildman–Crippen LogP) is 5.41. The third-order valence-electron chi connectivity index (χ3n) is 8.09. The Kier molecular flexibility index (Phi) is 5.89. The monoisotopic (exact) mass is 515 g/mol. The largest absolute Gasteiger partial charge is 0.378 e. The van der Waals surface area contributed by atoms with Crippen molar-refractivity contribution in [1.82, 2.24) is 14.5 Å². The molecule has 0 saturated carbocycles. The Balaban J connectivity index is 1.50. The smallest absolute Gasteiger partial charge is 0.261 e. The van der Waals surface area contributed by atoms with Crippen LogP contribution >= 0.6 is 11.6 Å². The first kappa shape index (κ1) is 23.9. The Labute approximate surface area is 212 Å². The fourth-order valence-corrected chi connectivity index (χ4v) is 6.27. The van der Waals surface area contributed by atoms with Gasteiger partial charge in [0.2, 0.25) is 0 Å². The first-order chi connectivity index (χ1) is 17.2. The molecule has 1 aromatic carbocycles. The minimum Gasteiger partial charge on any atom is -0.378 e. The van der Waals surface area contributed by atoms with Gasteiger partial charge in [-0.2, -0.15) is 0 Å². The van der Waals surface area contributed by atoms with Crippen molar-refractivity contribution in [1.29, 1.82) is 0 Å². The Morgan fingerprint density at radius 3 is 2.75 bits per heavy atom. The molecular weight excluding hydrogens is 488 g/mol. The maximum Gasteiger partial charge on any atom is 0.261 e. The fraction of sp³-hybridized carbons (Fsp3) is 0.519. The van der Waals surface area contributed by atoms with Crippen molar-refractivity contribution in [2.45, 2.75) is 70.1 Å². The Bertz CT molecular complexity index is 1420. The van der Waals surface area contributed by atoms with Crippen LogP contribution in [-0.4, -0.2) is 39.5 Å². The number of ether oxygens (including phenoxy) is 2. The number of rotatable bonds is 3. The zero-order chi connectivity index (χ0) is 25.2. The molecule has 6 rings (SSSR count). The number of aromatic nitrogens is 3. The number of hydrogen-bond donors (Lipinski definition) is 0. The summed E-state index contributed by atoms with van der Waals surface area (Å²) in [4.78, 5) is 23.0. The van der Waals surface area contributed by atoms with Crippen molar-refractivity contribution in [3.63, 3.8) is 0 Å². The molecule has 0 spiro atoms.